The van der Waals surface area contributed by atoms with Crippen LogP contribution in [0.1, 0.15) is 30.0 Å². The number of carbonyl (C=O) groups is 1. The molecule has 0 unspecified atom stereocenters. The predicted octanol–water partition coefficient (Wildman–Crippen LogP) is 4.90. The number of rotatable bonds is 8. The van der Waals surface area contributed by atoms with E-state index in [-0.39, 0.29) is 29.3 Å². The van der Waals surface area contributed by atoms with Crippen molar-refractivity contribution in [2.45, 2.75) is 25.3 Å². The van der Waals surface area contributed by atoms with E-state index in [1.54, 1.807) is 12.1 Å². The Morgan fingerprint density at radius 1 is 1.12 bits per heavy atom. The first-order valence-corrected chi connectivity index (χ1v) is 11.3. The van der Waals surface area contributed by atoms with Crippen molar-refractivity contribution in [2.24, 2.45) is 0 Å². The zero-order valence-corrected chi connectivity index (χ0v) is 19.2. The van der Waals surface area contributed by atoms with Crippen LogP contribution in [0.2, 0.25) is 0 Å². The predicted molar refractivity (Wildman–Crippen MR) is 130 cm³/mol. The highest BCUT2D eigenvalue weighted by Crippen LogP contribution is 2.36. The van der Waals surface area contributed by atoms with Gasteiger partial charge in [0, 0.05) is 17.7 Å². The number of pyridine rings is 1. The van der Waals surface area contributed by atoms with Crippen molar-refractivity contribution in [2.75, 3.05) is 23.4 Å². The number of nitrogens with one attached hydrogen (secondary N) is 1. The summed E-state index contributed by atoms with van der Waals surface area (Å²) >= 11 is 1.26. The number of thioether (sulfide) groups is 1. The second-order valence-electron chi connectivity index (χ2n) is 7.09. The maximum Gasteiger partial charge on any atom is 0.225 e. The van der Waals surface area contributed by atoms with E-state index >= 15 is 0 Å². The Kier molecular flexibility index (Phi) is 7.91. The number of nitrogens with two attached hydrogens (primary N) is 1. The Morgan fingerprint density at radius 2 is 1.82 bits per heavy atom. The van der Waals surface area contributed by atoms with E-state index in [0.29, 0.717) is 34.4 Å². The molecule has 3 aromatic rings. The minimum Gasteiger partial charge on any atom is -0.492 e. The highest BCUT2D eigenvalue weighted by Gasteiger charge is 2.20. The molecule has 0 fully saturated rings. The van der Waals surface area contributed by atoms with Gasteiger partial charge in [0.1, 0.15) is 34.3 Å². The first kappa shape index (κ1) is 23.6. The summed E-state index contributed by atoms with van der Waals surface area (Å²) in [5.41, 5.74) is 9.34. The standard InChI is InChI=1S/C25H23N5O2S/c1-3-32-21-7-5-4-6-20(21)29-22(31)12-13-33-25-19(15-27)23(18(14-26)24(28)30-25)17-10-8-16(2)9-11-17/h4-11H,3,12-13H2,1-2H3,(H2,28,30)(H,29,31). The van der Waals surface area contributed by atoms with Crippen LogP contribution in [0.15, 0.2) is 53.6 Å². The molecule has 0 bridgehead atoms. The fourth-order valence-electron chi connectivity index (χ4n) is 3.22. The Hall–Kier alpha value is -4.01. The van der Waals surface area contributed by atoms with Gasteiger partial charge in [0.05, 0.1) is 17.9 Å². The van der Waals surface area contributed by atoms with Crippen LogP contribution in [0.3, 0.4) is 0 Å². The molecule has 2 aromatic carbocycles. The fourth-order valence-corrected chi connectivity index (χ4v) is 4.15. The molecule has 0 aliphatic carbocycles. The Balaban J connectivity index is 1.79. The number of nitriles is 2. The van der Waals surface area contributed by atoms with Crippen molar-refractivity contribution in [3.8, 4) is 29.0 Å². The van der Waals surface area contributed by atoms with Crippen LogP contribution in [-0.4, -0.2) is 23.3 Å². The zero-order valence-electron chi connectivity index (χ0n) is 18.4. The van der Waals surface area contributed by atoms with Gasteiger partial charge in [-0.1, -0.05) is 42.0 Å². The van der Waals surface area contributed by atoms with Gasteiger partial charge < -0.3 is 15.8 Å². The quantitative estimate of drug-likeness (QED) is 0.461. The number of benzene rings is 2. The van der Waals surface area contributed by atoms with E-state index < -0.39 is 0 Å². The van der Waals surface area contributed by atoms with E-state index in [4.69, 9.17) is 10.5 Å². The molecule has 3 rings (SSSR count). The molecule has 33 heavy (non-hydrogen) atoms. The lowest BCUT2D eigenvalue weighted by molar-refractivity contribution is -0.115. The first-order valence-electron chi connectivity index (χ1n) is 10.3. The zero-order chi connectivity index (χ0) is 23.8. The van der Waals surface area contributed by atoms with E-state index in [0.717, 1.165) is 11.1 Å². The number of hydrogen-bond donors (Lipinski definition) is 2. The Morgan fingerprint density at radius 3 is 2.48 bits per heavy atom. The van der Waals surface area contributed by atoms with Gasteiger partial charge in [-0.2, -0.15) is 10.5 Å². The molecule has 166 valence electrons. The summed E-state index contributed by atoms with van der Waals surface area (Å²) in [6.07, 6.45) is 0.192. The largest absolute Gasteiger partial charge is 0.492 e. The number of aromatic nitrogens is 1. The summed E-state index contributed by atoms with van der Waals surface area (Å²) in [6.45, 7) is 4.33. The Labute approximate surface area is 197 Å². The van der Waals surface area contributed by atoms with Crippen LogP contribution in [0.25, 0.3) is 11.1 Å². The van der Waals surface area contributed by atoms with Gasteiger partial charge in [0.2, 0.25) is 5.91 Å². The molecule has 0 radical (unpaired) electrons. The van der Waals surface area contributed by atoms with Crippen molar-refractivity contribution in [1.82, 2.24) is 4.98 Å². The van der Waals surface area contributed by atoms with Gasteiger partial charge in [-0.3, -0.25) is 4.79 Å². The molecule has 0 aliphatic heterocycles. The van der Waals surface area contributed by atoms with Crippen LogP contribution in [0, 0.1) is 29.6 Å². The number of hydrogen-bond acceptors (Lipinski definition) is 7. The monoisotopic (exact) mass is 457 g/mol. The second kappa shape index (κ2) is 11.0. The SMILES string of the molecule is CCOc1ccccc1NC(=O)CCSc1nc(N)c(C#N)c(-c2ccc(C)cc2)c1C#N. The summed E-state index contributed by atoms with van der Waals surface area (Å²) in [7, 11) is 0. The topological polar surface area (TPSA) is 125 Å². The van der Waals surface area contributed by atoms with E-state index in [1.807, 2.05) is 50.2 Å². The van der Waals surface area contributed by atoms with Crippen LogP contribution in [0.4, 0.5) is 11.5 Å². The van der Waals surface area contributed by atoms with Gasteiger partial charge in [0.25, 0.3) is 0 Å². The lowest BCUT2D eigenvalue weighted by Gasteiger charge is -2.13. The maximum absolute atomic E-state index is 12.5. The van der Waals surface area contributed by atoms with Crippen molar-refractivity contribution in [3.05, 3.63) is 65.2 Å². The number of carbonyl (C=O) groups excluding carboxylic acids is 1. The molecule has 8 heteroatoms. The van der Waals surface area contributed by atoms with Crippen LogP contribution in [-0.2, 0) is 4.79 Å². The van der Waals surface area contributed by atoms with Gasteiger partial charge in [-0.05, 0) is 31.5 Å². The molecule has 1 amide bonds. The van der Waals surface area contributed by atoms with Crippen LogP contribution in [0.5, 0.6) is 5.75 Å². The minimum absolute atomic E-state index is 0.0599. The van der Waals surface area contributed by atoms with Crippen molar-refractivity contribution < 1.29 is 9.53 Å². The highest BCUT2D eigenvalue weighted by atomic mass is 32.2. The lowest BCUT2D eigenvalue weighted by atomic mass is 9.96. The minimum atomic E-state index is -0.187. The van der Waals surface area contributed by atoms with Crippen LogP contribution >= 0.6 is 11.8 Å². The molecule has 0 spiro atoms. The fraction of sp³-hybridized carbons (Fsp3) is 0.200. The molecule has 0 aliphatic rings. The molecule has 0 saturated heterocycles. The van der Waals surface area contributed by atoms with Crippen LogP contribution < -0.4 is 15.8 Å². The average molecular weight is 458 g/mol. The number of ether oxygens (including phenoxy) is 1. The molecule has 3 N–H and O–H groups in total. The first-order chi connectivity index (χ1) is 16.0. The summed E-state index contributed by atoms with van der Waals surface area (Å²) in [6, 6.07) is 19.0. The van der Waals surface area contributed by atoms with Crippen molar-refractivity contribution >= 4 is 29.2 Å². The third kappa shape index (κ3) is 5.62. The second-order valence-corrected chi connectivity index (χ2v) is 8.18. The molecule has 1 heterocycles. The molecule has 0 atom stereocenters. The van der Waals surface area contributed by atoms with Gasteiger partial charge in [-0.15, -0.1) is 11.8 Å². The Bertz CT molecular complexity index is 1240. The van der Waals surface area contributed by atoms with E-state index in [9.17, 15) is 15.3 Å². The smallest absolute Gasteiger partial charge is 0.225 e. The summed E-state index contributed by atoms with van der Waals surface area (Å²) in [5, 5.41) is 22.7. The molecule has 1 aromatic heterocycles. The number of amides is 1. The van der Waals surface area contributed by atoms with Gasteiger partial charge >= 0.3 is 0 Å². The molecule has 0 saturated carbocycles. The summed E-state index contributed by atoms with van der Waals surface area (Å²) in [4.78, 5) is 16.7. The average Bonchev–Trinajstić information content (AvgIpc) is 2.80. The van der Waals surface area contributed by atoms with E-state index in [2.05, 4.69) is 22.4 Å². The third-order valence-corrected chi connectivity index (χ3v) is 5.76. The lowest BCUT2D eigenvalue weighted by Crippen LogP contribution is -2.13. The van der Waals surface area contributed by atoms with Gasteiger partial charge in [-0.25, -0.2) is 4.98 Å². The summed E-state index contributed by atoms with van der Waals surface area (Å²) < 4.78 is 5.53. The third-order valence-electron chi connectivity index (χ3n) is 4.78. The number of anilines is 2. The molecule has 7 nitrogen and oxygen atoms in total. The van der Waals surface area contributed by atoms with Crippen molar-refractivity contribution in [3.63, 3.8) is 0 Å². The number of nitrogen functional groups attached to an aromatic ring is 1. The highest BCUT2D eigenvalue weighted by molar-refractivity contribution is 7.99. The van der Waals surface area contributed by atoms with Crippen molar-refractivity contribution in [1.29, 1.82) is 10.5 Å². The number of para-hydroxylation sites is 2. The maximum atomic E-state index is 12.5. The summed E-state index contributed by atoms with van der Waals surface area (Å²) in [5.74, 6) is 0.860. The molecular formula is C25H23N5O2S. The number of aryl methyl sites for hydroxylation is 1. The normalized spacial score (nSPS) is 10.2. The van der Waals surface area contributed by atoms with E-state index in [1.165, 1.54) is 11.8 Å². The van der Waals surface area contributed by atoms with Gasteiger partial charge in [0.15, 0.2) is 0 Å². The molecular weight excluding hydrogens is 434 g/mol. The number of nitrogens with zero attached hydrogens (tertiary/aromatic N) is 3.